The Labute approximate surface area is 128 Å². The Bertz CT molecular complexity index is 905. The maximum atomic E-state index is 12.4. The van der Waals surface area contributed by atoms with E-state index in [0.717, 1.165) is 0 Å². The molecule has 0 saturated carbocycles. The molecule has 7 heteroatoms. The number of nitrogens with zero attached hydrogens (tertiary/aromatic N) is 1. The van der Waals surface area contributed by atoms with Crippen molar-refractivity contribution < 1.29 is 9.84 Å². The molecule has 1 heterocycles. The molecule has 0 bridgehead atoms. The second kappa shape index (κ2) is 4.95. The molecule has 0 aliphatic heterocycles. The van der Waals surface area contributed by atoms with E-state index in [-0.39, 0.29) is 27.0 Å². The molecule has 2 aromatic carbocycles. The third-order valence-corrected chi connectivity index (χ3v) is 3.79. The van der Waals surface area contributed by atoms with Gasteiger partial charge in [-0.05, 0) is 30.3 Å². The minimum absolute atomic E-state index is 0.0447. The predicted octanol–water partition coefficient (Wildman–Crippen LogP) is 2.84. The van der Waals surface area contributed by atoms with E-state index in [0.29, 0.717) is 15.8 Å². The molecule has 0 radical (unpaired) electrons. The summed E-state index contributed by atoms with van der Waals surface area (Å²) in [6, 6.07) is 8.58. The second-order valence-corrected chi connectivity index (χ2v) is 5.24. The highest BCUT2D eigenvalue weighted by atomic mass is 35.5. The van der Waals surface area contributed by atoms with Gasteiger partial charge in [-0.3, -0.25) is 4.79 Å². The van der Waals surface area contributed by atoms with E-state index < -0.39 is 5.56 Å². The highest BCUT2D eigenvalue weighted by Gasteiger charge is 2.19. The number of nitrogens with one attached hydrogen (secondary N) is 1. The van der Waals surface area contributed by atoms with Gasteiger partial charge in [-0.15, -0.1) is 0 Å². The quantitative estimate of drug-likeness (QED) is 0.534. The van der Waals surface area contributed by atoms with E-state index in [4.69, 9.17) is 23.2 Å². The third kappa shape index (κ3) is 2.30. The normalized spacial score (nSPS) is 11.0. The molecule has 0 saturated heterocycles. The second-order valence-electron chi connectivity index (χ2n) is 4.43. The lowest BCUT2D eigenvalue weighted by atomic mass is 10.1. The summed E-state index contributed by atoms with van der Waals surface area (Å²) in [5.41, 5.74) is 0.249. The SMILES string of the molecule is O=c1[nH]c2cc(Cl)c(Cl)cc2[n+]([O-])c1-c1ccc(O)cc1. The molecule has 2 N–H and O–H groups in total. The number of fused-ring (bicyclic) bond motifs is 1. The summed E-state index contributed by atoms with van der Waals surface area (Å²) in [5, 5.41) is 22.2. The summed E-state index contributed by atoms with van der Waals surface area (Å²) in [6.45, 7) is 0. The molecule has 3 rings (SSSR count). The Morgan fingerprint density at radius 1 is 1.10 bits per heavy atom. The molecule has 0 aliphatic rings. The highest BCUT2D eigenvalue weighted by molar-refractivity contribution is 6.42. The molecule has 0 aliphatic carbocycles. The zero-order valence-electron chi connectivity index (χ0n) is 10.4. The van der Waals surface area contributed by atoms with Crippen molar-refractivity contribution in [3.63, 3.8) is 0 Å². The summed E-state index contributed by atoms with van der Waals surface area (Å²) < 4.78 is 0.503. The van der Waals surface area contributed by atoms with Gasteiger partial charge in [-0.25, -0.2) is 0 Å². The van der Waals surface area contributed by atoms with E-state index in [9.17, 15) is 15.1 Å². The van der Waals surface area contributed by atoms with Crippen LogP contribution in [-0.4, -0.2) is 10.1 Å². The number of phenolic OH excluding ortho intramolecular Hbond substituents is 1. The van der Waals surface area contributed by atoms with E-state index in [1.165, 1.54) is 36.4 Å². The third-order valence-electron chi connectivity index (χ3n) is 3.06. The summed E-state index contributed by atoms with van der Waals surface area (Å²) in [4.78, 5) is 14.7. The Morgan fingerprint density at radius 2 is 1.71 bits per heavy atom. The molecular formula is C14H8Cl2N2O3. The van der Waals surface area contributed by atoms with Crippen LogP contribution >= 0.6 is 23.2 Å². The van der Waals surface area contributed by atoms with Crippen molar-refractivity contribution in [1.29, 1.82) is 0 Å². The molecule has 106 valence electrons. The van der Waals surface area contributed by atoms with Crippen molar-refractivity contribution in [3.8, 4) is 17.0 Å². The average Bonchev–Trinajstić information content (AvgIpc) is 2.43. The molecule has 0 fully saturated rings. The first-order valence-electron chi connectivity index (χ1n) is 5.91. The number of hydrogen-bond acceptors (Lipinski definition) is 3. The van der Waals surface area contributed by atoms with Gasteiger partial charge >= 0.3 is 5.56 Å². The zero-order chi connectivity index (χ0) is 15.1. The minimum atomic E-state index is -0.554. The fraction of sp³-hybridized carbons (Fsp3) is 0. The lowest BCUT2D eigenvalue weighted by Crippen LogP contribution is -2.37. The molecule has 21 heavy (non-hydrogen) atoms. The van der Waals surface area contributed by atoms with Crippen LogP contribution in [0, 0.1) is 5.21 Å². The number of phenols is 1. The maximum absolute atomic E-state index is 12.4. The van der Waals surface area contributed by atoms with Crippen molar-refractivity contribution in [2.75, 3.05) is 0 Å². The van der Waals surface area contributed by atoms with Gasteiger partial charge in [0.1, 0.15) is 11.3 Å². The molecule has 1 aromatic heterocycles. The Kier molecular flexibility index (Phi) is 3.23. The van der Waals surface area contributed by atoms with Crippen LogP contribution in [0.15, 0.2) is 41.2 Å². The van der Waals surface area contributed by atoms with Crippen molar-refractivity contribution in [1.82, 2.24) is 4.98 Å². The molecule has 0 atom stereocenters. The predicted molar refractivity (Wildman–Crippen MR) is 80.6 cm³/mol. The summed E-state index contributed by atoms with van der Waals surface area (Å²) >= 11 is 11.8. The fourth-order valence-corrected chi connectivity index (χ4v) is 2.39. The monoisotopic (exact) mass is 322 g/mol. The lowest BCUT2D eigenvalue weighted by Gasteiger charge is -2.08. The Hall–Kier alpha value is -2.24. The van der Waals surface area contributed by atoms with Crippen LogP contribution in [0.4, 0.5) is 0 Å². The zero-order valence-corrected chi connectivity index (χ0v) is 11.9. The van der Waals surface area contributed by atoms with Crippen molar-refractivity contribution >= 4 is 34.2 Å². The van der Waals surface area contributed by atoms with E-state index in [2.05, 4.69) is 4.98 Å². The molecule has 0 spiro atoms. The number of aromatic nitrogens is 2. The van der Waals surface area contributed by atoms with Crippen LogP contribution in [0.5, 0.6) is 5.75 Å². The minimum Gasteiger partial charge on any atom is -0.618 e. The number of H-pyrrole nitrogens is 1. The van der Waals surface area contributed by atoms with Crippen molar-refractivity contribution in [2.45, 2.75) is 0 Å². The lowest BCUT2D eigenvalue weighted by molar-refractivity contribution is -0.566. The van der Waals surface area contributed by atoms with Crippen LogP contribution in [-0.2, 0) is 0 Å². The van der Waals surface area contributed by atoms with E-state index in [1.54, 1.807) is 0 Å². The summed E-state index contributed by atoms with van der Waals surface area (Å²) in [7, 11) is 0. The van der Waals surface area contributed by atoms with E-state index in [1.807, 2.05) is 0 Å². The topological polar surface area (TPSA) is 80.0 Å². The molecule has 0 amide bonds. The van der Waals surface area contributed by atoms with Crippen molar-refractivity contribution in [3.05, 3.63) is 62.0 Å². The van der Waals surface area contributed by atoms with Crippen molar-refractivity contribution in [2.24, 2.45) is 0 Å². The highest BCUT2D eigenvalue weighted by Crippen LogP contribution is 2.26. The largest absolute Gasteiger partial charge is 0.618 e. The fourth-order valence-electron chi connectivity index (χ4n) is 2.07. The maximum Gasteiger partial charge on any atom is 0.322 e. The number of benzene rings is 2. The number of hydrogen-bond donors (Lipinski definition) is 2. The average molecular weight is 323 g/mol. The smallest absolute Gasteiger partial charge is 0.322 e. The standard InChI is InChI=1S/C14H8Cl2N2O3/c15-9-5-11-12(6-10(9)16)18(21)13(14(20)17-11)7-1-3-8(19)4-2-7/h1-6,19H,(H,17,20). The summed E-state index contributed by atoms with van der Waals surface area (Å²) in [6.07, 6.45) is 0. The first-order chi connectivity index (χ1) is 9.97. The Morgan fingerprint density at radius 3 is 2.38 bits per heavy atom. The van der Waals surface area contributed by atoms with Gasteiger partial charge in [0.2, 0.25) is 5.52 Å². The van der Waals surface area contributed by atoms with Gasteiger partial charge < -0.3 is 15.3 Å². The Balaban J connectivity index is 2.36. The number of rotatable bonds is 1. The summed E-state index contributed by atoms with van der Waals surface area (Å²) in [5.74, 6) is 0.0447. The number of aromatic amines is 1. The first kappa shape index (κ1) is 13.7. The van der Waals surface area contributed by atoms with Gasteiger partial charge in [-0.1, -0.05) is 23.2 Å². The molecule has 5 nitrogen and oxygen atoms in total. The van der Waals surface area contributed by atoms with Crippen LogP contribution in [0.2, 0.25) is 10.0 Å². The van der Waals surface area contributed by atoms with Gasteiger partial charge in [-0.2, -0.15) is 4.73 Å². The molecule has 3 aromatic rings. The van der Waals surface area contributed by atoms with Gasteiger partial charge in [0.15, 0.2) is 0 Å². The van der Waals surface area contributed by atoms with E-state index >= 15 is 0 Å². The van der Waals surface area contributed by atoms with Gasteiger partial charge in [0.05, 0.1) is 15.6 Å². The number of aromatic hydroxyl groups is 1. The van der Waals surface area contributed by atoms with Crippen LogP contribution in [0.3, 0.4) is 0 Å². The van der Waals surface area contributed by atoms with Crippen LogP contribution < -0.4 is 10.3 Å². The first-order valence-corrected chi connectivity index (χ1v) is 6.67. The van der Waals surface area contributed by atoms with Crippen LogP contribution in [0.25, 0.3) is 22.3 Å². The molecular weight excluding hydrogens is 315 g/mol. The number of halogens is 2. The van der Waals surface area contributed by atoms with Gasteiger partial charge in [0, 0.05) is 6.07 Å². The molecule has 0 unspecified atom stereocenters. The van der Waals surface area contributed by atoms with Gasteiger partial charge in [0.25, 0.3) is 5.69 Å². The van der Waals surface area contributed by atoms with Crippen LogP contribution in [0.1, 0.15) is 0 Å².